The van der Waals surface area contributed by atoms with Gasteiger partial charge in [-0.15, -0.1) is 0 Å². The topological polar surface area (TPSA) is 89.9 Å². The molecule has 0 aliphatic rings. The maximum absolute atomic E-state index is 11.1. The molecule has 0 spiro atoms. The number of aryl methyl sites for hydroxylation is 1. The average Bonchev–Trinajstić information content (AvgIpc) is 3.20. The van der Waals surface area contributed by atoms with Gasteiger partial charge < -0.3 is 10.6 Å². The molecule has 2 aromatic heterocycles. The van der Waals surface area contributed by atoms with Crippen LogP contribution in [0.5, 0.6) is 0 Å². The first kappa shape index (κ1) is 21.8. The predicted octanol–water partition coefficient (Wildman–Crippen LogP) is 4.55. The van der Waals surface area contributed by atoms with Crippen molar-refractivity contribution in [2.75, 3.05) is 4.90 Å². The Hall–Kier alpha value is -3.42. The minimum absolute atomic E-state index is 0.209. The first-order chi connectivity index (χ1) is 15.4. The Balaban J connectivity index is 1.64. The summed E-state index contributed by atoms with van der Waals surface area (Å²) in [4.78, 5) is 22.2. The molecule has 9 heteroatoms. The Morgan fingerprint density at radius 2 is 1.66 bits per heavy atom. The maximum atomic E-state index is 11.1. The Bertz CT molecular complexity index is 1220. The molecule has 0 unspecified atom stereocenters. The lowest BCUT2D eigenvalue weighted by atomic mass is 10.1. The van der Waals surface area contributed by atoms with Crippen LogP contribution in [-0.4, -0.2) is 25.7 Å². The fourth-order valence-electron chi connectivity index (χ4n) is 3.29. The lowest BCUT2D eigenvalue weighted by Crippen LogP contribution is -2.19. The number of hydrogen-bond donors (Lipinski definition) is 1. The van der Waals surface area contributed by atoms with Crippen LogP contribution in [-0.2, 0) is 24.8 Å². The zero-order chi connectivity index (χ0) is 22.7. The number of halogens is 2. The van der Waals surface area contributed by atoms with E-state index in [4.69, 9.17) is 28.9 Å². The van der Waals surface area contributed by atoms with Gasteiger partial charge in [0.15, 0.2) is 0 Å². The van der Waals surface area contributed by atoms with Gasteiger partial charge in [-0.05, 0) is 23.3 Å². The summed E-state index contributed by atoms with van der Waals surface area (Å²) >= 11 is 12.8. The fraction of sp³-hybridized carbons (Fsp3) is 0.130. The molecule has 1 amide bonds. The van der Waals surface area contributed by atoms with E-state index in [1.165, 1.54) is 0 Å². The second-order valence-electron chi connectivity index (χ2n) is 7.27. The third kappa shape index (κ3) is 4.90. The van der Waals surface area contributed by atoms with Gasteiger partial charge in [0.05, 0.1) is 24.8 Å². The summed E-state index contributed by atoms with van der Waals surface area (Å²) in [5.74, 6) is 0.127. The van der Waals surface area contributed by atoms with Gasteiger partial charge in [0.25, 0.3) is 0 Å². The number of rotatable bonds is 7. The molecule has 0 aliphatic carbocycles. The number of aromatic nitrogens is 4. The molecule has 2 N–H and O–H groups in total. The number of primary amides is 1. The molecular formula is C23H20Cl2N6O. The van der Waals surface area contributed by atoms with Crippen molar-refractivity contribution < 1.29 is 4.79 Å². The van der Waals surface area contributed by atoms with Crippen LogP contribution in [0.2, 0.25) is 10.0 Å². The molecule has 4 aromatic rings. The monoisotopic (exact) mass is 466 g/mol. The van der Waals surface area contributed by atoms with Gasteiger partial charge in [0, 0.05) is 46.8 Å². The normalized spacial score (nSPS) is 10.8. The van der Waals surface area contributed by atoms with Gasteiger partial charge >= 0.3 is 0 Å². The van der Waals surface area contributed by atoms with E-state index in [1.54, 1.807) is 35.4 Å². The maximum Gasteiger partial charge on any atom is 0.230 e. The van der Waals surface area contributed by atoms with Crippen LogP contribution in [0.1, 0.15) is 11.1 Å². The largest absolute Gasteiger partial charge is 0.369 e. The van der Waals surface area contributed by atoms with Crippen molar-refractivity contribution in [2.24, 2.45) is 12.8 Å². The third-order valence-corrected chi connectivity index (χ3v) is 5.63. The minimum Gasteiger partial charge on any atom is -0.369 e. The number of carbonyl (C=O) groups excluding carboxylic acids is 1. The van der Waals surface area contributed by atoms with Crippen LogP contribution in [0.15, 0.2) is 67.3 Å². The highest BCUT2D eigenvalue weighted by Crippen LogP contribution is 2.31. The van der Waals surface area contributed by atoms with Crippen LogP contribution >= 0.6 is 23.2 Å². The van der Waals surface area contributed by atoms with Crippen LogP contribution < -0.4 is 10.6 Å². The van der Waals surface area contributed by atoms with E-state index in [9.17, 15) is 4.79 Å². The molecule has 32 heavy (non-hydrogen) atoms. The lowest BCUT2D eigenvalue weighted by Gasteiger charge is -2.22. The molecule has 0 bridgehead atoms. The fourth-order valence-corrected chi connectivity index (χ4v) is 3.81. The Morgan fingerprint density at radius 3 is 2.22 bits per heavy atom. The number of hydrogen-bond acceptors (Lipinski definition) is 5. The van der Waals surface area contributed by atoms with Gasteiger partial charge in [-0.25, -0.2) is 9.97 Å². The number of anilines is 2. The molecule has 0 fully saturated rings. The van der Waals surface area contributed by atoms with Gasteiger partial charge in [0.2, 0.25) is 11.9 Å². The minimum atomic E-state index is -0.362. The second kappa shape index (κ2) is 9.38. The van der Waals surface area contributed by atoms with Crippen molar-refractivity contribution in [2.45, 2.75) is 13.0 Å². The summed E-state index contributed by atoms with van der Waals surface area (Å²) in [6, 6.07) is 13.0. The standard InChI is InChI=1S/C23H20Cl2N6O/c1-30-13-18(12-29-30)31(14-19-20(24)3-2-4-21(19)25)23-27-10-17(11-28-23)16-7-5-15(6-8-16)9-22(26)32/h2-8,10-13H,9,14H2,1H3,(H2,26,32). The van der Waals surface area contributed by atoms with Crippen molar-refractivity contribution in [3.05, 3.63) is 88.4 Å². The number of amides is 1. The van der Waals surface area contributed by atoms with Crippen LogP contribution in [0.4, 0.5) is 11.6 Å². The van der Waals surface area contributed by atoms with Crippen molar-refractivity contribution in [1.82, 2.24) is 19.7 Å². The van der Waals surface area contributed by atoms with Gasteiger partial charge in [-0.1, -0.05) is 53.5 Å². The first-order valence-electron chi connectivity index (χ1n) is 9.79. The van der Waals surface area contributed by atoms with Crippen LogP contribution in [0.25, 0.3) is 11.1 Å². The smallest absolute Gasteiger partial charge is 0.230 e. The highest BCUT2D eigenvalue weighted by Gasteiger charge is 2.18. The highest BCUT2D eigenvalue weighted by atomic mass is 35.5. The second-order valence-corrected chi connectivity index (χ2v) is 8.08. The molecular weight excluding hydrogens is 447 g/mol. The summed E-state index contributed by atoms with van der Waals surface area (Å²) in [6.45, 7) is 0.380. The average molecular weight is 467 g/mol. The van der Waals surface area contributed by atoms with E-state index < -0.39 is 0 Å². The van der Waals surface area contributed by atoms with Gasteiger partial charge in [-0.2, -0.15) is 5.10 Å². The molecule has 0 radical (unpaired) electrons. The quantitative estimate of drug-likeness (QED) is 0.431. The third-order valence-electron chi connectivity index (χ3n) is 4.93. The van der Waals surface area contributed by atoms with Gasteiger partial charge in [0.1, 0.15) is 0 Å². The lowest BCUT2D eigenvalue weighted by molar-refractivity contribution is -0.117. The number of nitrogens with two attached hydrogens (primary N) is 1. The number of nitrogens with zero attached hydrogens (tertiary/aromatic N) is 5. The summed E-state index contributed by atoms with van der Waals surface area (Å²) in [5, 5.41) is 5.40. The van der Waals surface area contributed by atoms with Crippen LogP contribution in [0.3, 0.4) is 0 Å². The van der Waals surface area contributed by atoms with Gasteiger partial charge in [-0.3, -0.25) is 9.48 Å². The van der Waals surface area contributed by atoms with E-state index in [-0.39, 0.29) is 12.3 Å². The van der Waals surface area contributed by atoms with Crippen molar-refractivity contribution in [3.63, 3.8) is 0 Å². The van der Waals surface area contributed by atoms with E-state index in [1.807, 2.05) is 48.5 Å². The summed E-state index contributed by atoms with van der Waals surface area (Å²) in [5.41, 5.74) is 9.49. The summed E-state index contributed by atoms with van der Waals surface area (Å²) in [7, 11) is 1.84. The van der Waals surface area contributed by atoms with E-state index >= 15 is 0 Å². The zero-order valence-corrected chi connectivity index (χ0v) is 18.8. The summed E-state index contributed by atoms with van der Waals surface area (Å²) in [6.07, 6.45) is 7.32. The molecule has 0 aliphatic heterocycles. The van der Waals surface area contributed by atoms with Crippen molar-refractivity contribution >= 4 is 40.7 Å². The molecule has 0 saturated carbocycles. The molecule has 2 heterocycles. The summed E-state index contributed by atoms with van der Waals surface area (Å²) < 4.78 is 1.71. The van der Waals surface area contributed by atoms with E-state index in [0.29, 0.717) is 22.5 Å². The number of benzene rings is 2. The highest BCUT2D eigenvalue weighted by molar-refractivity contribution is 6.36. The molecule has 0 atom stereocenters. The Labute approximate surface area is 195 Å². The molecule has 2 aromatic carbocycles. The SMILES string of the molecule is Cn1cc(N(Cc2c(Cl)cccc2Cl)c2ncc(-c3ccc(CC(N)=O)cc3)cn2)cn1. The zero-order valence-electron chi connectivity index (χ0n) is 17.2. The number of carbonyl (C=O) groups is 1. The first-order valence-corrected chi connectivity index (χ1v) is 10.5. The molecule has 162 valence electrons. The molecule has 4 rings (SSSR count). The Kier molecular flexibility index (Phi) is 6.39. The predicted molar refractivity (Wildman–Crippen MR) is 126 cm³/mol. The van der Waals surface area contributed by atoms with Crippen molar-refractivity contribution in [1.29, 1.82) is 0 Å². The van der Waals surface area contributed by atoms with E-state index in [2.05, 4.69) is 15.1 Å². The van der Waals surface area contributed by atoms with E-state index in [0.717, 1.165) is 27.9 Å². The molecule has 7 nitrogen and oxygen atoms in total. The molecule has 0 saturated heterocycles. The van der Waals surface area contributed by atoms with Crippen LogP contribution in [0, 0.1) is 0 Å². The van der Waals surface area contributed by atoms with Crippen molar-refractivity contribution in [3.8, 4) is 11.1 Å². The Morgan fingerprint density at radius 1 is 1.00 bits per heavy atom.